The number of carbonyl (C=O) groups is 2. The van der Waals surface area contributed by atoms with Gasteiger partial charge in [0.15, 0.2) is 0 Å². The Labute approximate surface area is 144 Å². The van der Waals surface area contributed by atoms with E-state index in [2.05, 4.69) is 16.9 Å². The van der Waals surface area contributed by atoms with E-state index >= 15 is 0 Å². The molecule has 0 unspecified atom stereocenters. The molecule has 0 aliphatic rings. The molecule has 2 aromatic rings. The highest BCUT2D eigenvalue weighted by Crippen LogP contribution is 2.17. The standard InChI is InChI=1S/C17H20N2O4S/c1-22-13-8-10-14(11-9-13)23-17(21)19-18-16(20)7-3-2-5-15-6-4-12-24-15/h4,6,8-12H,2-3,5,7H2,1H3,(H,18,20)(H,19,21). The van der Waals surface area contributed by atoms with Crippen LogP contribution in [0.5, 0.6) is 11.5 Å². The number of ether oxygens (including phenoxy) is 2. The third-order valence-corrected chi connectivity index (χ3v) is 4.17. The molecule has 2 rings (SSSR count). The van der Waals surface area contributed by atoms with E-state index in [-0.39, 0.29) is 5.91 Å². The largest absolute Gasteiger partial charge is 0.497 e. The average molecular weight is 348 g/mol. The fourth-order valence-corrected chi connectivity index (χ4v) is 2.75. The summed E-state index contributed by atoms with van der Waals surface area (Å²) in [6.07, 6.45) is 2.28. The van der Waals surface area contributed by atoms with Crippen molar-refractivity contribution in [2.24, 2.45) is 0 Å². The molecule has 0 spiro atoms. The number of rotatable bonds is 7. The zero-order valence-electron chi connectivity index (χ0n) is 13.4. The van der Waals surface area contributed by atoms with Gasteiger partial charge in [-0.2, -0.15) is 0 Å². The number of benzene rings is 1. The molecular weight excluding hydrogens is 328 g/mol. The monoisotopic (exact) mass is 348 g/mol. The summed E-state index contributed by atoms with van der Waals surface area (Å²) in [5, 5.41) is 2.04. The lowest BCUT2D eigenvalue weighted by atomic mass is 10.2. The van der Waals surface area contributed by atoms with Crippen LogP contribution in [0.3, 0.4) is 0 Å². The van der Waals surface area contributed by atoms with Gasteiger partial charge in [-0.25, -0.2) is 10.2 Å². The maximum Gasteiger partial charge on any atom is 0.431 e. The Hall–Kier alpha value is -2.54. The van der Waals surface area contributed by atoms with Crippen LogP contribution in [-0.4, -0.2) is 19.1 Å². The van der Waals surface area contributed by atoms with Gasteiger partial charge in [-0.1, -0.05) is 6.07 Å². The third-order valence-electron chi connectivity index (χ3n) is 3.23. The van der Waals surface area contributed by atoms with E-state index in [0.29, 0.717) is 17.9 Å². The van der Waals surface area contributed by atoms with Crippen molar-refractivity contribution < 1.29 is 19.1 Å². The molecule has 128 valence electrons. The molecular formula is C17H20N2O4S. The van der Waals surface area contributed by atoms with Crippen LogP contribution >= 0.6 is 11.3 Å². The van der Waals surface area contributed by atoms with Crippen LogP contribution in [-0.2, 0) is 11.2 Å². The molecule has 0 fully saturated rings. The van der Waals surface area contributed by atoms with E-state index in [4.69, 9.17) is 9.47 Å². The molecule has 0 saturated heterocycles. The van der Waals surface area contributed by atoms with Gasteiger partial charge in [0.05, 0.1) is 7.11 Å². The molecule has 24 heavy (non-hydrogen) atoms. The summed E-state index contributed by atoms with van der Waals surface area (Å²) in [7, 11) is 1.55. The van der Waals surface area contributed by atoms with Crippen LogP contribution < -0.4 is 20.3 Å². The SMILES string of the molecule is COc1ccc(OC(=O)NNC(=O)CCCCc2cccs2)cc1. The van der Waals surface area contributed by atoms with Gasteiger partial charge in [-0.05, 0) is 55.0 Å². The first kappa shape index (κ1) is 17.8. The van der Waals surface area contributed by atoms with Crippen molar-refractivity contribution in [2.75, 3.05) is 7.11 Å². The van der Waals surface area contributed by atoms with Gasteiger partial charge < -0.3 is 9.47 Å². The molecule has 1 aromatic heterocycles. The second-order valence-electron chi connectivity index (χ2n) is 5.02. The third kappa shape index (κ3) is 6.29. The summed E-state index contributed by atoms with van der Waals surface area (Å²) < 4.78 is 10.0. The van der Waals surface area contributed by atoms with E-state index < -0.39 is 6.09 Å². The van der Waals surface area contributed by atoms with E-state index in [0.717, 1.165) is 19.3 Å². The van der Waals surface area contributed by atoms with Gasteiger partial charge in [0, 0.05) is 11.3 Å². The second-order valence-corrected chi connectivity index (χ2v) is 6.06. The van der Waals surface area contributed by atoms with Crippen molar-refractivity contribution in [3.8, 4) is 11.5 Å². The summed E-state index contributed by atoms with van der Waals surface area (Å²) >= 11 is 1.72. The fourth-order valence-electron chi connectivity index (χ4n) is 2.00. The summed E-state index contributed by atoms with van der Waals surface area (Å²) in [4.78, 5) is 24.5. The molecule has 0 atom stereocenters. The normalized spacial score (nSPS) is 10.0. The van der Waals surface area contributed by atoms with E-state index in [9.17, 15) is 9.59 Å². The Balaban J connectivity index is 1.59. The number of hydrogen-bond acceptors (Lipinski definition) is 5. The number of unbranched alkanes of at least 4 members (excludes halogenated alkanes) is 1. The molecule has 6 nitrogen and oxygen atoms in total. The minimum absolute atomic E-state index is 0.243. The van der Waals surface area contributed by atoms with Gasteiger partial charge in [0.2, 0.25) is 5.91 Å². The Morgan fingerprint density at radius 2 is 1.79 bits per heavy atom. The molecule has 2 amide bonds. The average Bonchev–Trinajstić information content (AvgIpc) is 3.11. The van der Waals surface area contributed by atoms with Crippen LogP contribution in [0.1, 0.15) is 24.1 Å². The van der Waals surface area contributed by atoms with Crippen molar-refractivity contribution >= 4 is 23.3 Å². The van der Waals surface area contributed by atoms with E-state index in [1.54, 1.807) is 42.7 Å². The van der Waals surface area contributed by atoms with E-state index in [1.165, 1.54) is 4.88 Å². The topological polar surface area (TPSA) is 76.7 Å². The summed E-state index contributed by atoms with van der Waals surface area (Å²) in [5.41, 5.74) is 4.56. The Morgan fingerprint density at radius 1 is 1.04 bits per heavy atom. The minimum atomic E-state index is -0.743. The summed E-state index contributed by atoms with van der Waals surface area (Å²) in [6, 6.07) is 10.7. The van der Waals surface area contributed by atoms with Crippen molar-refractivity contribution in [2.45, 2.75) is 25.7 Å². The first-order valence-corrected chi connectivity index (χ1v) is 8.48. The highest BCUT2D eigenvalue weighted by atomic mass is 32.1. The second kappa shape index (κ2) is 9.57. The molecule has 7 heteroatoms. The molecule has 0 aliphatic heterocycles. The number of carbonyl (C=O) groups excluding carboxylic acids is 2. The fraction of sp³-hybridized carbons (Fsp3) is 0.294. The highest BCUT2D eigenvalue weighted by molar-refractivity contribution is 7.09. The smallest absolute Gasteiger partial charge is 0.431 e. The molecule has 1 heterocycles. The van der Waals surface area contributed by atoms with Crippen molar-refractivity contribution in [3.63, 3.8) is 0 Å². The van der Waals surface area contributed by atoms with Crippen LogP contribution in [0.25, 0.3) is 0 Å². The van der Waals surface area contributed by atoms with Gasteiger partial charge in [-0.3, -0.25) is 10.2 Å². The Kier molecular flexibility index (Phi) is 7.10. The lowest BCUT2D eigenvalue weighted by Gasteiger charge is -2.08. The van der Waals surface area contributed by atoms with Gasteiger partial charge in [-0.15, -0.1) is 11.3 Å². The van der Waals surface area contributed by atoms with Crippen LogP contribution in [0.15, 0.2) is 41.8 Å². The van der Waals surface area contributed by atoms with Crippen LogP contribution in [0, 0.1) is 0 Å². The lowest BCUT2D eigenvalue weighted by molar-refractivity contribution is -0.122. The molecule has 0 saturated carbocycles. The molecule has 0 bridgehead atoms. The zero-order chi connectivity index (χ0) is 17.2. The number of methoxy groups -OCH3 is 1. The van der Waals surface area contributed by atoms with Gasteiger partial charge >= 0.3 is 6.09 Å². The number of hydrogen-bond donors (Lipinski definition) is 2. The lowest BCUT2D eigenvalue weighted by Crippen LogP contribution is -2.43. The predicted molar refractivity (Wildman–Crippen MR) is 92.2 cm³/mol. The first-order chi connectivity index (χ1) is 11.7. The number of aryl methyl sites for hydroxylation is 1. The van der Waals surface area contributed by atoms with Crippen molar-refractivity contribution in [3.05, 3.63) is 46.7 Å². The highest BCUT2D eigenvalue weighted by Gasteiger charge is 2.07. The Morgan fingerprint density at radius 3 is 2.46 bits per heavy atom. The minimum Gasteiger partial charge on any atom is -0.497 e. The number of amides is 2. The van der Waals surface area contributed by atoms with Crippen molar-refractivity contribution in [1.29, 1.82) is 0 Å². The Bertz CT molecular complexity index is 641. The quantitative estimate of drug-likeness (QED) is 0.595. The maximum atomic E-state index is 11.6. The maximum absolute atomic E-state index is 11.6. The van der Waals surface area contributed by atoms with Gasteiger partial charge in [0.25, 0.3) is 0 Å². The number of hydrazine groups is 1. The van der Waals surface area contributed by atoms with Crippen molar-refractivity contribution in [1.82, 2.24) is 10.9 Å². The number of thiophene rings is 1. The van der Waals surface area contributed by atoms with E-state index in [1.807, 2.05) is 11.4 Å². The predicted octanol–water partition coefficient (Wildman–Crippen LogP) is 3.29. The molecule has 2 N–H and O–H groups in total. The molecule has 1 aromatic carbocycles. The summed E-state index contributed by atoms with van der Waals surface area (Å²) in [5.74, 6) is 0.782. The van der Waals surface area contributed by atoms with Crippen LogP contribution in [0.4, 0.5) is 4.79 Å². The molecule has 0 aliphatic carbocycles. The molecule has 0 radical (unpaired) electrons. The summed E-state index contributed by atoms with van der Waals surface area (Å²) in [6.45, 7) is 0. The van der Waals surface area contributed by atoms with Gasteiger partial charge in [0.1, 0.15) is 11.5 Å². The first-order valence-electron chi connectivity index (χ1n) is 7.60. The zero-order valence-corrected chi connectivity index (χ0v) is 14.2. The number of nitrogens with one attached hydrogen (secondary N) is 2. The van der Waals surface area contributed by atoms with Crippen LogP contribution in [0.2, 0.25) is 0 Å².